The highest BCUT2D eigenvalue weighted by atomic mass is 16.5. The number of fused-ring (bicyclic) bond motifs is 1. The van der Waals surface area contributed by atoms with Gasteiger partial charge in [0.05, 0.1) is 17.3 Å². The minimum Gasteiger partial charge on any atom is -0.397 e. The summed E-state index contributed by atoms with van der Waals surface area (Å²) in [5.41, 5.74) is 8.63. The molecule has 0 bridgehead atoms. The first kappa shape index (κ1) is 12.2. The van der Waals surface area contributed by atoms with Crippen molar-refractivity contribution in [2.24, 2.45) is 5.92 Å². The average molecular weight is 257 g/mol. The van der Waals surface area contributed by atoms with Gasteiger partial charge in [0.15, 0.2) is 0 Å². The van der Waals surface area contributed by atoms with Gasteiger partial charge in [0, 0.05) is 36.3 Å². The Kier molecular flexibility index (Phi) is 3.25. The fraction of sp³-hybridized carbons (Fsp3) is 0.400. The van der Waals surface area contributed by atoms with Crippen LogP contribution in [0.25, 0.3) is 10.9 Å². The number of nitrogens with one attached hydrogen (secondary N) is 1. The predicted molar refractivity (Wildman–Crippen MR) is 78.2 cm³/mol. The fourth-order valence-corrected chi connectivity index (χ4v) is 2.63. The van der Waals surface area contributed by atoms with Crippen LogP contribution in [-0.2, 0) is 4.74 Å². The standard InChI is InChI=1S/C15H19N3O/c1-10-11(6-8-19-10)9-18-14-5-4-13(16)15-12(14)3-2-7-17-15/h2-5,7,10-11,18H,6,8-9,16H2,1H3. The maximum Gasteiger partial charge on any atom is 0.0951 e. The molecule has 2 atom stereocenters. The molecule has 0 amide bonds. The number of nitrogen functional groups attached to an aromatic ring is 1. The van der Waals surface area contributed by atoms with Crippen LogP contribution in [0.5, 0.6) is 0 Å². The number of nitrogens with zero attached hydrogens (tertiary/aromatic N) is 1. The Morgan fingerprint density at radius 2 is 2.32 bits per heavy atom. The lowest BCUT2D eigenvalue weighted by atomic mass is 10.0. The third-order valence-corrected chi connectivity index (χ3v) is 3.89. The second-order valence-corrected chi connectivity index (χ2v) is 5.11. The van der Waals surface area contributed by atoms with E-state index in [9.17, 15) is 0 Å². The van der Waals surface area contributed by atoms with Gasteiger partial charge in [-0.3, -0.25) is 4.98 Å². The van der Waals surface area contributed by atoms with Crippen LogP contribution in [0.1, 0.15) is 13.3 Å². The van der Waals surface area contributed by atoms with Gasteiger partial charge in [0.2, 0.25) is 0 Å². The van der Waals surface area contributed by atoms with Gasteiger partial charge in [-0.15, -0.1) is 0 Å². The second kappa shape index (κ2) is 5.05. The molecule has 1 aromatic carbocycles. The molecule has 2 unspecified atom stereocenters. The average Bonchev–Trinajstić information content (AvgIpc) is 2.84. The third-order valence-electron chi connectivity index (χ3n) is 3.89. The molecule has 1 aliphatic rings. The Balaban J connectivity index is 1.83. The molecular formula is C15H19N3O. The summed E-state index contributed by atoms with van der Waals surface area (Å²) in [6.45, 7) is 3.94. The molecule has 0 aliphatic carbocycles. The van der Waals surface area contributed by atoms with Crippen molar-refractivity contribution in [2.75, 3.05) is 24.2 Å². The van der Waals surface area contributed by atoms with E-state index in [4.69, 9.17) is 10.5 Å². The zero-order chi connectivity index (χ0) is 13.2. The van der Waals surface area contributed by atoms with E-state index in [-0.39, 0.29) is 0 Å². The summed E-state index contributed by atoms with van der Waals surface area (Å²) < 4.78 is 5.59. The van der Waals surface area contributed by atoms with E-state index in [0.29, 0.717) is 12.0 Å². The molecule has 19 heavy (non-hydrogen) atoms. The molecular weight excluding hydrogens is 238 g/mol. The van der Waals surface area contributed by atoms with Crippen molar-refractivity contribution in [3.05, 3.63) is 30.5 Å². The Hall–Kier alpha value is -1.81. The summed E-state index contributed by atoms with van der Waals surface area (Å²) in [5.74, 6) is 0.573. The Morgan fingerprint density at radius 1 is 1.42 bits per heavy atom. The Labute approximate surface area is 113 Å². The predicted octanol–water partition coefficient (Wildman–Crippen LogP) is 2.65. The van der Waals surface area contributed by atoms with E-state index in [1.807, 2.05) is 18.2 Å². The van der Waals surface area contributed by atoms with Crippen LogP contribution >= 0.6 is 0 Å². The first-order valence-electron chi connectivity index (χ1n) is 6.74. The largest absolute Gasteiger partial charge is 0.397 e. The van der Waals surface area contributed by atoms with Gasteiger partial charge >= 0.3 is 0 Å². The number of benzene rings is 1. The maximum absolute atomic E-state index is 5.96. The number of anilines is 2. The minimum atomic E-state index is 0.339. The maximum atomic E-state index is 5.96. The number of hydrogen-bond donors (Lipinski definition) is 2. The van der Waals surface area contributed by atoms with Gasteiger partial charge in [-0.05, 0) is 37.6 Å². The number of hydrogen-bond acceptors (Lipinski definition) is 4. The first-order valence-corrected chi connectivity index (χ1v) is 6.74. The molecule has 3 rings (SSSR count). The summed E-state index contributed by atoms with van der Waals surface area (Å²) in [4.78, 5) is 4.35. The van der Waals surface area contributed by atoms with E-state index >= 15 is 0 Å². The van der Waals surface area contributed by atoms with Gasteiger partial charge in [-0.2, -0.15) is 0 Å². The highest BCUT2D eigenvalue weighted by Gasteiger charge is 2.23. The third kappa shape index (κ3) is 2.36. The quantitative estimate of drug-likeness (QED) is 0.830. The van der Waals surface area contributed by atoms with E-state index in [2.05, 4.69) is 23.3 Å². The summed E-state index contributed by atoms with van der Waals surface area (Å²) in [6.07, 6.45) is 3.24. The number of nitrogens with two attached hydrogens (primary N) is 1. The zero-order valence-corrected chi connectivity index (χ0v) is 11.1. The summed E-state index contributed by atoms with van der Waals surface area (Å²) in [5, 5.41) is 4.59. The molecule has 1 aliphatic heterocycles. The highest BCUT2D eigenvalue weighted by molar-refractivity contribution is 5.98. The van der Waals surface area contributed by atoms with Gasteiger partial charge in [-0.25, -0.2) is 0 Å². The topological polar surface area (TPSA) is 60.2 Å². The van der Waals surface area contributed by atoms with Crippen molar-refractivity contribution < 1.29 is 4.74 Å². The monoisotopic (exact) mass is 257 g/mol. The Morgan fingerprint density at radius 3 is 3.11 bits per heavy atom. The number of ether oxygens (including phenoxy) is 1. The van der Waals surface area contributed by atoms with Gasteiger partial charge in [0.25, 0.3) is 0 Å². The van der Waals surface area contributed by atoms with Crippen molar-refractivity contribution in [2.45, 2.75) is 19.4 Å². The zero-order valence-electron chi connectivity index (χ0n) is 11.1. The second-order valence-electron chi connectivity index (χ2n) is 5.11. The molecule has 3 N–H and O–H groups in total. The molecule has 0 radical (unpaired) electrons. The summed E-state index contributed by atoms with van der Waals surface area (Å²) in [6, 6.07) is 7.93. The van der Waals surface area contributed by atoms with E-state index in [1.54, 1.807) is 6.20 Å². The van der Waals surface area contributed by atoms with Crippen LogP contribution in [-0.4, -0.2) is 24.2 Å². The minimum absolute atomic E-state index is 0.339. The molecule has 4 nitrogen and oxygen atoms in total. The molecule has 2 heterocycles. The molecule has 2 aromatic rings. The van der Waals surface area contributed by atoms with Crippen LogP contribution in [0.3, 0.4) is 0 Å². The normalized spacial score (nSPS) is 22.8. The Bertz CT molecular complexity index is 585. The first-order chi connectivity index (χ1) is 9.25. The number of pyridine rings is 1. The summed E-state index contributed by atoms with van der Waals surface area (Å²) >= 11 is 0. The molecule has 0 saturated carbocycles. The summed E-state index contributed by atoms with van der Waals surface area (Å²) in [7, 11) is 0. The van der Waals surface area contributed by atoms with Gasteiger partial charge in [-0.1, -0.05) is 0 Å². The smallest absolute Gasteiger partial charge is 0.0951 e. The molecule has 0 spiro atoms. The fourth-order valence-electron chi connectivity index (χ4n) is 2.63. The van der Waals surface area contributed by atoms with Crippen LogP contribution < -0.4 is 11.1 Å². The molecule has 1 fully saturated rings. The SMILES string of the molecule is CC1OCCC1CNc1ccc(N)c2ncccc12. The van der Waals surface area contributed by atoms with Crippen LogP contribution in [0.2, 0.25) is 0 Å². The number of rotatable bonds is 3. The van der Waals surface area contributed by atoms with Crippen molar-refractivity contribution >= 4 is 22.3 Å². The highest BCUT2D eigenvalue weighted by Crippen LogP contribution is 2.28. The molecule has 4 heteroatoms. The van der Waals surface area contributed by atoms with Gasteiger partial charge < -0.3 is 15.8 Å². The lowest BCUT2D eigenvalue weighted by Gasteiger charge is -2.17. The van der Waals surface area contributed by atoms with E-state index in [1.165, 1.54) is 0 Å². The van der Waals surface area contributed by atoms with Crippen molar-refractivity contribution in [1.82, 2.24) is 4.98 Å². The van der Waals surface area contributed by atoms with Crippen LogP contribution in [0.15, 0.2) is 30.5 Å². The van der Waals surface area contributed by atoms with E-state index in [0.717, 1.165) is 41.9 Å². The van der Waals surface area contributed by atoms with Crippen molar-refractivity contribution in [3.63, 3.8) is 0 Å². The van der Waals surface area contributed by atoms with E-state index < -0.39 is 0 Å². The molecule has 100 valence electrons. The molecule has 1 aromatic heterocycles. The number of aromatic nitrogens is 1. The lowest BCUT2D eigenvalue weighted by Crippen LogP contribution is -2.20. The van der Waals surface area contributed by atoms with Crippen molar-refractivity contribution in [1.29, 1.82) is 0 Å². The van der Waals surface area contributed by atoms with Crippen LogP contribution in [0.4, 0.5) is 11.4 Å². The van der Waals surface area contributed by atoms with Crippen molar-refractivity contribution in [3.8, 4) is 0 Å². The van der Waals surface area contributed by atoms with Gasteiger partial charge in [0.1, 0.15) is 0 Å². The lowest BCUT2D eigenvalue weighted by molar-refractivity contribution is 0.108. The molecule has 1 saturated heterocycles. The van der Waals surface area contributed by atoms with Crippen LogP contribution in [0, 0.1) is 5.92 Å².